The van der Waals surface area contributed by atoms with Crippen LogP contribution in [0.3, 0.4) is 0 Å². The molecule has 1 aromatic carbocycles. The number of halogens is 1. The SMILES string of the molecule is CC1CN(CC(=O)Nc2cc(Cl)ccc2N)CC(CO)O1. The number of morpholine rings is 1. The van der Waals surface area contributed by atoms with Crippen molar-refractivity contribution in [3.8, 4) is 0 Å². The molecule has 0 aromatic heterocycles. The van der Waals surface area contributed by atoms with Gasteiger partial charge in [0.1, 0.15) is 0 Å². The molecule has 6 nitrogen and oxygen atoms in total. The van der Waals surface area contributed by atoms with E-state index in [4.69, 9.17) is 22.1 Å². The lowest BCUT2D eigenvalue weighted by Crippen LogP contribution is -2.50. The van der Waals surface area contributed by atoms with E-state index in [2.05, 4.69) is 5.32 Å². The lowest BCUT2D eigenvalue weighted by atomic mass is 10.2. The molecule has 1 heterocycles. The van der Waals surface area contributed by atoms with Crippen LogP contribution in [0.1, 0.15) is 6.92 Å². The van der Waals surface area contributed by atoms with Gasteiger partial charge in [-0.2, -0.15) is 0 Å². The van der Waals surface area contributed by atoms with Crippen molar-refractivity contribution in [2.24, 2.45) is 0 Å². The number of nitrogen functional groups attached to an aromatic ring is 1. The topological polar surface area (TPSA) is 87.8 Å². The number of hydrogen-bond donors (Lipinski definition) is 3. The molecular formula is C14H20ClN3O3. The van der Waals surface area contributed by atoms with Crippen LogP contribution in [-0.4, -0.2) is 54.4 Å². The largest absolute Gasteiger partial charge is 0.397 e. The second kappa shape index (κ2) is 7.09. The first kappa shape index (κ1) is 16.0. The van der Waals surface area contributed by atoms with E-state index < -0.39 is 0 Å². The van der Waals surface area contributed by atoms with Crippen LogP contribution in [0.2, 0.25) is 5.02 Å². The van der Waals surface area contributed by atoms with Crippen molar-refractivity contribution >= 4 is 28.9 Å². The van der Waals surface area contributed by atoms with Crippen molar-refractivity contribution in [3.63, 3.8) is 0 Å². The number of hydrogen-bond acceptors (Lipinski definition) is 5. The third-order valence-electron chi connectivity index (χ3n) is 3.26. The summed E-state index contributed by atoms with van der Waals surface area (Å²) in [6.07, 6.45) is -0.266. The number of ether oxygens (including phenoxy) is 1. The molecule has 0 radical (unpaired) electrons. The first-order chi connectivity index (χ1) is 9.97. The van der Waals surface area contributed by atoms with Crippen LogP contribution < -0.4 is 11.1 Å². The van der Waals surface area contributed by atoms with Crippen LogP contribution in [0.15, 0.2) is 18.2 Å². The van der Waals surface area contributed by atoms with E-state index >= 15 is 0 Å². The molecule has 21 heavy (non-hydrogen) atoms. The van der Waals surface area contributed by atoms with Gasteiger partial charge in [-0.05, 0) is 25.1 Å². The van der Waals surface area contributed by atoms with Crippen LogP contribution in [0.5, 0.6) is 0 Å². The van der Waals surface area contributed by atoms with Crippen LogP contribution in [-0.2, 0) is 9.53 Å². The van der Waals surface area contributed by atoms with Gasteiger partial charge >= 0.3 is 0 Å². The summed E-state index contributed by atoms with van der Waals surface area (Å²) in [6.45, 7) is 3.26. The Bertz CT molecular complexity index is 512. The van der Waals surface area contributed by atoms with Crippen molar-refractivity contribution in [2.75, 3.05) is 37.3 Å². The summed E-state index contributed by atoms with van der Waals surface area (Å²) in [5.74, 6) is -0.172. The van der Waals surface area contributed by atoms with Gasteiger partial charge in [-0.15, -0.1) is 0 Å². The minimum absolute atomic E-state index is 0.0139. The van der Waals surface area contributed by atoms with Gasteiger partial charge in [0.2, 0.25) is 5.91 Å². The van der Waals surface area contributed by atoms with E-state index in [1.165, 1.54) is 0 Å². The van der Waals surface area contributed by atoms with E-state index in [0.717, 1.165) is 0 Å². The average molecular weight is 314 g/mol. The highest BCUT2D eigenvalue weighted by atomic mass is 35.5. The molecule has 2 rings (SSSR count). The molecular weight excluding hydrogens is 294 g/mol. The van der Waals surface area contributed by atoms with Gasteiger partial charge in [0.15, 0.2) is 0 Å². The zero-order chi connectivity index (χ0) is 15.4. The number of carbonyl (C=O) groups excluding carboxylic acids is 1. The predicted octanol–water partition coefficient (Wildman–Crippen LogP) is 0.942. The monoisotopic (exact) mass is 313 g/mol. The highest BCUT2D eigenvalue weighted by Gasteiger charge is 2.26. The maximum absolute atomic E-state index is 12.1. The molecule has 1 aliphatic heterocycles. The van der Waals surface area contributed by atoms with E-state index in [1.807, 2.05) is 11.8 Å². The Kier molecular flexibility index (Phi) is 5.41. The summed E-state index contributed by atoms with van der Waals surface area (Å²) >= 11 is 5.89. The summed E-state index contributed by atoms with van der Waals surface area (Å²) in [6, 6.07) is 4.94. The molecule has 116 valence electrons. The second-order valence-corrected chi connectivity index (χ2v) is 5.66. The molecule has 7 heteroatoms. The summed E-state index contributed by atoms with van der Waals surface area (Å²) in [7, 11) is 0. The number of rotatable bonds is 4. The van der Waals surface area contributed by atoms with Crippen molar-refractivity contribution in [3.05, 3.63) is 23.2 Å². The van der Waals surface area contributed by atoms with Crippen LogP contribution in [0, 0.1) is 0 Å². The molecule has 2 atom stereocenters. The van der Waals surface area contributed by atoms with E-state index in [1.54, 1.807) is 18.2 Å². The number of amides is 1. The van der Waals surface area contributed by atoms with Crippen LogP contribution >= 0.6 is 11.6 Å². The molecule has 2 unspecified atom stereocenters. The lowest BCUT2D eigenvalue weighted by Gasteiger charge is -2.35. The second-order valence-electron chi connectivity index (χ2n) is 5.23. The van der Waals surface area contributed by atoms with E-state index in [0.29, 0.717) is 29.5 Å². The molecule has 0 spiro atoms. The van der Waals surface area contributed by atoms with Gasteiger partial charge in [-0.3, -0.25) is 9.69 Å². The number of aliphatic hydroxyl groups is 1. The molecule has 4 N–H and O–H groups in total. The average Bonchev–Trinajstić information content (AvgIpc) is 2.42. The molecule has 1 saturated heterocycles. The third-order valence-corrected chi connectivity index (χ3v) is 3.50. The van der Waals surface area contributed by atoms with Crippen molar-refractivity contribution < 1.29 is 14.6 Å². The zero-order valence-corrected chi connectivity index (χ0v) is 12.6. The number of anilines is 2. The Morgan fingerprint density at radius 3 is 3.05 bits per heavy atom. The minimum atomic E-state index is -0.252. The van der Waals surface area contributed by atoms with Crippen molar-refractivity contribution in [1.29, 1.82) is 0 Å². The van der Waals surface area contributed by atoms with Crippen LogP contribution in [0.25, 0.3) is 0 Å². The van der Waals surface area contributed by atoms with Crippen LogP contribution in [0.4, 0.5) is 11.4 Å². The number of aliphatic hydroxyl groups excluding tert-OH is 1. The Labute approximate surface area is 128 Å². The summed E-state index contributed by atoms with van der Waals surface area (Å²) in [4.78, 5) is 14.0. The molecule has 1 aliphatic rings. The molecule has 0 aliphatic carbocycles. The molecule has 1 aromatic rings. The highest BCUT2D eigenvalue weighted by molar-refractivity contribution is 6.31. The molecule has 1 amide bonds. The zero-order valence-electron chi connectivity index (χ0n) is 11.9. The normalized spacial score (nSPS) is 23.0. The molecule has 0 bridgehead atoms. The highest BCUT2D eigenvalue weighted by Crippen LogP contribution is 2.23. The van der Waals surface area contributed by atoms with Gasteiger partial charge in [-0.25, -0.2) is 0 Å². The van der Waals surface area contributed by atoms with E-state index in [-0.39, 0.29) is 31.3 Å². The minimum Gasteiger partial charge on any atom is -0.397 e. The number of nitrogens with one attached hydrogen (secondary N) is 1. The Morgan fingerprint density at radius 2 is 2.33 bits per heavy atom. The van der Waals surface area contributed by atoms with Gasteiger partial charge in [0.25, 0.3) is 0 Å². The lowest BCUT2D eigenvalue weighted by molar-refractivity contribution is -0.124. The Balaban J connectivity index is 1.93. The van der Waals surface area contributed by atoms with Gasteiger partial charge in [0, 0.05) is 18.1 Å². The van der Waals surface area contributed by atoms with Gasteiger partial charge in [-0.1, -0.05) is 11.6 Å². The van der Waals surface area contributed by atoms with E-state index in [9.17, 15) is 9.90 Å². The smallest absolute Gasteiger partial charge is 0.238 e. The number of benzene rings is 1. The maximum atomic E-state index is 12.1. The summed E-state index contributed by atoms with van der Waals surface area (Å²) in [5, 5.41) is 12.4. The number of nitrogens with two attached hydrogens (primary N) is 1. The fourth-order valence-electron chi connectivity index (χ4n) is 2.40. The molecule has 0 saturated carbocycles. The van der Waals surface area contributed by atoms with Gasteiger partial charge < -0.3 is 20.9 Å². The third kappa shape index (κ3) is 4.57. The van der Waals surface area contributed by atoms with Crippen molar-refractivity contribution in [2.45, 2.75) is 19.1 Å². The standard InChI is InChI=1S/C14H20ClN3O3/c1-9-5-18(6-11(8-19)21-9)7-14(20)17-13-4-10(15)2-3-12(13)16/h2-4,9,11,19H,5-8,16H2,1H3,(H,17,20). The fraction of sp³-hybridized carbons (Fsp3) is 0.500. The maximum Gasteiger partial charge on any atom is 0.238 e. The Morgan fingerprint density at radius 1 is 1.57 bits per heavy atom. The first-order valence-corrected chi connectivity index (χ1v) is 7.19. The fourth-order valence-corrected chi connectivity index (χ4v) is 2.57. The summed E-state index contributed by atoms with van der Waals surface area (Å²) in [5.41, 5.74) is 6.77. The Hall–Kier alpha value is -1.34. The predicted molar refractivity (Wildman–Crippen MR) is 82.4 cm³/mol. The summed E-state index contributed by atoms with van der Waals surface area (Å²) < 4.78 is 5.54. The first-order valence-electron chi connectivity index (χ1n) is 6.81. The van der Waals surface area contributed by atoms with Crippen molar-refractivity contribution in [1.82, 2.24) is 4.90 Å². The number of carbonyl (C=O) groups is 1. The van der Waals surface area contributed by atoms with Gasteiger partial charge in [0.05, 0.1) is 36.7 Å². The number of nitrogens with zero attached hydrogens (tertiary/aromatic N) is 1. The quantitative estimate of drug-likeness (QED) is 0.720. The molecule has 1 fully saturated rings.